The number of nitrogens with one attached hydrogen (secondary N) is 1. The van der Waals surface area contributed by atoms with Gasteiger partial charge < -0.3 is 24.3 Å². The number of carbonyl (C=O) groups excluding carboxylic acids is 3. The predicted molar refractivity (Wildman–Crippen MR) is 254 cm³/mol. The van der Waals surface area contributed by atoms with Gasteiger partial charge in [-0.3, -0.25) is 34.2 Å². The Hall–Kier alpha value is -6.60. The van der Waals surface area contributed by atoms with Crippen LogP contribution in [-0.4, -0.2) is 66.5 Å². The van der Waals surface area contributed by atoms with Gasteiger partial charge in [-0.25, -0.2) is 0 Å². The van der Waals surface area contributed by atoms with Crippen LogP contribution in [0.1, 0.15) is 83.5 Å². The number of benzene rings is 5. The highest BCUT2D eigenvalue weighted by atomic mass is 32.2. The van der Waals surface area contributed by atoms with E-state index in [0.717, 1.165) is 33.6 Å². The molecule has 64 heavy (non-hydrogen) atoms. The Kier molecular flexibility index (Phi) is 11.7. The van der Waals surface area contributed by atoms with Crippen molar-refractivity contribution < 1.29 is 33.3 Å². The van der Waals surface area contributed by atoms with E-state index in [0.29, 0.717) is 82.1 Å². The second-order valence-corrected chi connectivity index (χ2v) is 19.6. The van der Waals surface area contributed by atoms with Crippen LogP contribution in [0.4, 0.5) is 28.4 Å². The lowest BCUT2D eigenvalue weighted by Crippen LogP contribution is -2.37. The molecule has 0 unspecified atom stereocenters. The van der Waals surface area contributed by atoms with Crippen LogP contribution in [0.2, 0.25) is 0 Å². The SMILES string of the molecule is COc1cc2c(cc1OCc1cc(COc3cc4c(cc3OC)C(=O)N3c5ccccc5C[C@H]3C=N4)cc(NC(=O)CCC(C)(C)SC(C)C)c1)N=C[C@@H]1Cc3ccccc3N1C2=O. The molecule has 12 nitrogen and oxygen atoms in total. The van der Waals surface area contributed by atoms with Gasteiger partial charge >= 0.3 is 0 Å². The van der Waals surface area contributed by atoms with Gasteiger partial charge in [0.05, 0.1) is 48.8 Å². The largest absolute Gasteiger partial charge is 0.493 e. The van der Waals surface area contributed by atoms with Gasteiger partial charge in [0, 0.05) is 65.6 Å². The van der Waals surface area contributed by atoms with Gasteiger partial charge in [0.1, 0.15) is 13.2 Å². The molecule has 0 saturated carbocycles. The fourth-order valence-electron chi connectivity index (χ4n) is 9.04. The molecular formula is C51H51N5O7S. The maximum atomic E-state index is 14.0. The van der Waals surface area contributed by atoms with Crippen molar-refractivity contribution in [1.82, 2.24) is 0 Å². The molecule has 5 aromatic rings. The van der Waals surface area contributed by atoms with Crippen molar-refractivity contribution in [3.05, 3.63) is 124 Å². The number of para-hydroxylation sites is 2. The molecular weight excluding hydrogens is 827 g/mol. The summed E-state index contributed by atoms with van der Waals surface area (Å²) in [5.74, 6) is 1.22. The second-order valence-electron chi connectivity index (χ2n) is 17.3. The van der Waals surface area contributed by atoms with Crippen LogP contribution in [0.15, 0.2) is 101 Å². The lowest BCUT2D eigenvalue weighted by molar-refractivity contribution is -0.116. The highest BCUT2D eigenvalue weighted by molar-refractivity contribution is 8.01. The average molecular weight is 878 g/mol. The maximum absolute atomic E-state index is 14.0. The van der Waals surface area contributed by atoms with Gasteiger partial charge in [0.2, 0.25) is 5.91 Å². The summed E-state index contributed by atoms with van der Waals surface area (Å²) in [5, 5.41) is 3.56. The number of thioether (sulfide) groups is 1. The molecule has 0 radical (unpaired) electrons. The number of hydrogen-bond acceptors (Lipinski definition) is 10. The van der Waals surface area contributed by atoms with E-state index < -0.39 is 0 Å². The molecule has 1 N–H and O–H groups in total. The number of amides is 3. The zero-order chi connectivity index (χ0) is 44.7. The maximum Gasteiger partial charge on any atom is 0.261 e. The normalized spacial score (nSPS) is 16.9. The van der Waals surface area contributed by atoms with E-state index in [-0.39, 0.29) is 47.8 Å². The van der Waals surface area contributed by atoms with Crippen LogP contribution in [-0.2, 0) is 30.8 Å². The molecule has 0 saturated heterocycles. The van der Waals surface area contributed by atoms with E-state index in [1.54, 1.807) is 48.3 Å². The zero-order valence-corrected chi connectivity index (χ0v) is 37.7. The zero-order valence-electron chi connectivity index (χ0n) is 36.8. The van der Waals surface area contributed by atoms with Crippen molar-refractivity contribution in [3.8, 4) is 23.0 Å². The number of methoxy groups -OCH3 is 2. The number of anilines is 3. The van der Waals surface area contributed by atoms with Crippen LogP contribution < -0.4 is 34.1 Å². The summed E-state index contributed by atoms with van der Waals surface area (Å²) in [6.07, 6.45) is 6.09. The van der Waals surface area contributed by atoms with E-state index in [4.69, 9.17) is 28.9 Å². The van der Waals surface area contributed by atoms with Crippen LogP contribution in [0.5, 0.6) is 23.0 Å². The first kappa shape index (κ1) is 42.7. The van der Waals surface area contributed by atoms with Crippen molar-refractivity contribution in [2.24, 2.45) is 9.98 Å². The van der Waals surface area contributed by atoms with Crippen LogP contribution in [0, 0.1) is 0 Å². The Labute approximate surface area is 377 Å². The van der Waals surface area contributed by atoms with Gasteiger partial charge in [0.25, 0.3) is 11.8 Å². The van der Waals surface area contributed by atoms with E-state index in [2.05, 4.69) is 33.0 Å². The first-order valence-electron chi connectivity index (χ1n) is 21.6. The summed E-state index contributed by atoms with van der Waals surface area (Å²) in [5.41, 5.74) is 7.92. The van der Waals surface area contributed by atoms with Gasteiger partial charge in [-0.05, 0) is 76.4 Å². The Morgan fingerprint density at radius 1 is 0.719 bits per heavy atom. The molecule has 0 aliphatic carbocycles. The number of aliphatic imine (C=N–C) groups is 2. The summed E-state index contributed by atoms with van der Waals surface area (Å²) in [7, 11) is 3.08. The van der Waals surface area contributed by atoms with Crippen LogP contribution in [0.25, 0.3) is 0 Å². The highest BCUT2D eigenvalue weighted by Gasteiger charge is 2.38. The van der Waals surface area contributed by atoms with Gasteiger partial charge in [-0.2, -0.15) is 11.8 Å². The summed E-state index contributed by atoms with van der Waals surface area (Å²) < 4.78 is 24.4. The first-order chi connectivity index (χ1) is 30.9. The molecule has 4 aliphatic heterocycles. The molecule has 0 fully saturated rings. The molecule has 3 amide bonds. The summed E-state index contributed by atoms with van der Waals surface area (Å²) in [6, 6.07) is 28.0. The van der Waals surface area contributed by atoms with Crippen LogP contribution in [0.3, 0.4) is 0 Å². The van der Waals surface area contributed by atoms with Gasteiger partial charge in [-0.1, -0.05) is 64.1 Å². The predicted octanol–water partition coefficient (Wildman–Crippen LogP) is 10.1. The third kappa shape index (κ3) is 8.56. The molecule has 0 aromatic heterocycles. The minimum atomic E-state index is -0.192. The first-order valence-corrected chi connectivity index (χ1v) is 22.5. The molecule has 9 rings (SSSR count). The highest BCUT2D eigenvalue weighted by Crippen LogP contribution is 2.43. The fraction of sp³-hybridized carbons (Fsp3) is 0.314. The Balaban J connectivity index is 0.971. The fourth-order valence-corrected chi connectivity index (χ4v) is 10.5. The topological polar surface area (TPSA) is 131 Å². The number of fused-ring (bicyclic) bond motifs is 8. The Morgan fingerprint density at radius 2 is 1.20 bits per heavy atom. The van der Waals surface area contributed by atoms with Crippen molar-refractivity contribution in [3.63, 3.8) is 0 Å². The average Bonchev–Trinajstić information content (AvgIpc) is 3.77. The lowest BCUT2D eigenvalue weighted by Gasteiger charge is -2.26. The number of ether oxygens (including phenoxy) is 4. The smallest absolute Gasteiger partial charge is 0.261 e. The number of hydrogen-bond donors (Lipinski definition) is 1. The third-order valence-electron chi connectivity index (χ3n) is 11.9. The number of rotatable bonds is 14. The summed E-state index contributed by atoms with van der Waals surface area (Å²) >= 11 is 1.85. The van der Waals surface area contributed by atoms with Crippen LogP contribution >= 0.6 is 11.8 Å². The molecule has 2 atom stereocenters. The van der Waals surface area contributed by atoms with Gasteiger partial charge in [-0.15, -0.1) is 0 Å². The minimum absolute atomic E-state index is 0.0648. The minimum Gasteiger partial charge on any atom is -0.493 e. The summed E-state index contributed by atoms with van der Waals surface area (Å²) in [4.78, 5) is 54.6. The molecule has 4 aliphatic rings. The third-order valence-corrected chi connectivity index (χ3v) is 13.2. The van der Waals surface area contributed by atoms with Crippen molar-refractivity contribution >= 4 is 70.3 Å². The second kappa shape index (κ2) is 17.5. The lowest BCUT2D eigenvalue weighted by atomic mass is 10.1. The monoisotopic (exact) mass is 877 g/mol. The van der Waals surface area contributed by atoms with Crippen molar-refractivity contribution in [1.29, 1.82) is 0 Å². The number of nitrogens with zero attached hydrogens (tertiary/aromatic N) is 4. The van der Waals surface area contributed by atoms with Crippen molar-refractivity contribution in [2.45, 2.75) is 88.7 Å². The Morgan fingerprint density at radius 3 is 1.67 bits per heavy atom. The molecule has 5 aromatic carbocycles. The van der Waals surface area contributed by atoms with Gasteiger partial charge in [0.15, 0.2) is 23.0 Å². The Bertz CT molecular complexity index is 2570. The summed E-state index contributed by atoms with van der Waals surface area (Å²) in [6.45, 7) is 8.86. The quantitative estimate of drug-likeness (QED) is 0.117. The molecule has 4 heterocycles. The van der Waals surface area contributed by atoms with E-state index in [1.807, 2.05) is 90.9 Å². The molecule has 0 bridgehead atoms. The van der Waals surface area contributed by atoms with E-state index in [9.17, 15) is 14.4 Å². The van der Waals surface area contributed by atoms with E-state index in [1.165, 1.54) is 0 Å². The number of carbonyl (C=O) groups is 3. The molecule has 0 spiro atoms. The standard InChI is InChI=1S/C51H51N5O7S/c1-30(2)64-51(3,4)16-15-48(57)54-35-18-31(28-62-46-24-40-38(22-44(46)60-5)49(58)55-36(26-52-40)20-33-11-7-9-13-42(33)55)17-32(19-35)29-63-47-25-41-39(23-45(47)61-6)50(59)56-37(27-53-41)21-34-12-8-10-14-43(34)56/h7-14,17-19,22-27,30,36-37H,15-16,20-21,28-29H2,1-6H3,(H,54,57)/t36-,37-/m0/s1. The van der Waals surface area contributed by atoms with Crippen molar-refractivity contribution in [2.75, 3.05) is 29.3 Å². The molecule has 13 heteroatoms. The van der Waals surface area contributed by atoms with E-state index >= 15 is 0 Å². The molecule has 328 valence electrons.